The molecule has 0 aliphatic heterocycles. The molecule has 1 aromatic rings. The molecular formula is C15H25N3. The largest absolute Gasteiger partial charge is 0.356 e. The van der Waals surface area contributed by atoms with Gasteiger partial charge in [0.05, 0.1) is 0 Å². The number of aryl methyl sites for hydroxylation is 2. The lowest BCUT2D eigenvalue weighted by Gasteiger charge is -2.15. The normalized spacial score (nSPS) is 11.8. The van der Waals surface area contributed by atoms with E-state index in [0.717, 1.165) is 18.9 Å². The number of aliphatic imine (C=N–C) groups is 1. The number of hydrogen-bond donors (Lipinski definition) is 2. The molecule has 3 heteroatoms. The minimum Gasteiger partial charge on any atom is -0.356 e. The molecule has 0 bridgehead atoms. The topological polar surface area (TPSA) is 36.4 Å². The van der Waals surface area contributed by atoms with Gasteiger partial charge in [0.2, 0.25) is 0 Å². The summed E-state index contributed by atoms with van der Waals surface area (Å²) >= 11 is 0. The number of rotatable bonds is 4. The van der Waals surface area contributed by atoms with Crippen LogP contribution in [0.2, 0.25) is 0 Å². The molecule has 0 radical (unpaired) electrons. The lowest BCUT2D eigenvalue weighted by molar-refractivity contribution is 0.697. The van der Waals surface area contributed by atoms with Gasteiger partial charge in [0, 0.05) is 19.6 Å². The van der Waals surface area contributed by atoms with Gasteiger partial charge in [-0.15, -0.1) is 0 Å². The molecule has 0 atom stereocenters. The number of hydrogen-bond acceptors (Lipinski definition) is 1. The van der Waals surface area contributed by atoms with Crippen molar-refractivity contribution in [1.82, 2.24) is 10.6 Å². The van der Waals surface area contributed by atoms with Crippen molar-refractivity contribution in [3.05, 3.63) is 34.9 Å². The van der Waals surface area contributed by atoms with Gasteiger partial charge in [-0.3, -0.25) is 4.99 Å². The van der Waals surface area contributed by atoms with Gasteiger partial charge in [-0.25, -0.2) is 0 Å². The molecule has 1 rings (SSSR count). The molecule has 0 aliphatic carbocycles. The van der Waals surface area contributed by atoms with Gasteiger partial charge < -0.3 is 10.6 Å². The van der Waals surface area contributed by atoms with Crippen molar-refractivity contribution in [2.24, 2.45) is 4.99 Å². The fraction of sp³-hybridized carbons (Fsp3) is 0.533. The fourth-order valence-electron chi connectivity index (χ4n) is 1.91. The van der Waals surface area contributed by atoms with Crippen LogP contribution >= 0.6 is 0 Å². The van der Waals surface area contributed by atoms with Gasteiger partial charge in [0.25, 0.3) is 0 Å². The van der Waals surface area contributed by atoms with Crippen LogP contribution in [0.5, 0.6) is 0 Å². The van der Waals surface area contributed by atoms with E-state index in [1.165, 1.54) is 16.7 Å². The summed E-state index contributed by atoms with van der Waals surface area (Å²) < 4.78 is 0. The second-order valence-corrected chi connectivity index (χ2v) is 4.98. The minimum absolute atomic E-state index is 0.400. The molecule has 0 aromatic heterocycles. The molecule has 0 saturated heterocycles. The van der Waals surface area contributed by atoms with Gasteiger partial charge in [0.15, 0.2) is 5.96 Å². The van der Waals surface area contributed by atoms with E-state index in [-0.39, 0.29) is 0 Å². The van der Waals surface area contributed by atoms with Crippen molar-refractivity contribution < 1.29 is 0 Å². The van der Waals surface area contributed by atoms with Crippen LogP contribution in [0.25, 0.3) is 0 Å². The third-order valence-electron chi connectivity index (χ3n) is 2.83. The van der Waals surface area contributed by atoms with Crippen LogP contribution in [0.1, 0.15) is 30.5 Å². The van der Waals surface area contributed by atoms with Crippen LogP contribution in [0.15, 0.2) is 23.2 Å². The van der Waals surface area contributed by atoms with E-state index in [9.17, 15) is 0 Å². The van der Waals surface area contributed by atoms with Gasteiger partial charge >= 0.3 is 0 Å². The molecule has 0 heterocycles. The Hall–Kier alpha value is -1.51. The summed E-state index contributed by atoms with van der Waals surface area (Å²) in [5.74, 6) is 0.870. The zero-order valence-corrected chi connectivity index (χ0v) is 12.2. The average Bonchev–Trinajstić information content (AvgIpc) is 2.30. The molecule has 100 valence electrons. The standard InChI is InChI=1S/C15H25N3/c1-11(2)18-15(16-5)17-9-8-14-7-6-12(3)10-13(14)4/h6-7,10-11H,8-9H2,1-5H3,(H2,16,17,18). The Morgan fingerprint density at radius 3 is 2.56 bits per heavy atom. The summed E-state index contributed by atoms with van der Waals surface area (Å²) in [4.78, 5) is 4.19. The molecular weight excluding hydrogens is 222 g/mol. The Morgan fingerprint density at radius 1 is 1.28 bits per heavy atom. The molecule has 0 amide bonds. The number of benzene rings is 1. The fourth-order valence-corrected chi connectivity index (χ4v) is 1.91. The molecule has 0 spiro atoms. The first-order valence-corrected chi connectivity index (χ1v) is 6.56. The van der Waals surface area contributed by atoms with E-state index in [4.69, 9.17) is 0 Å². The summed E-state index contributed by atoms with van der Waals surface area (Å²) in [7, 11) is 1.80. The second-order valence-electron chi connectivity index (χ2n) is 4.98. The summed E-state index contributed by atoms with van der Waals surface area (Å²) in [5, 5.41) is 6.61. The third kappa shape index (κ3) is 4.78. The summed E-state index contributed by atoms with van der Waals surface area (Å²) in [5.41, 5.74) is 4.08. The van der Waals surface area contributed by atoms with Gasteiger partial charge in [-0.2, -0.15) is 0 Å². The van der Waals surface area contributed by atoms with Gasteiger partial charge in [0.1, 0.15) is 0 Å². The van der Waals surface area contributed by atoms with E-state index in [2.05, 4.69) is 61.5 Å². The quantitative estimate of drug-likeness (QED) is 0.633. The molecule has 3 nitrogen and oxygen atoms in total. The predicted octanol–water partition coefficient (Wildman–Crippen LogP) is 2.42. The average molecular weight is 247 g/mol. The molecule has 2 N–H and O–H groups in total. The number of guanidine groups is 1. The maximum absolute atomic E-state index is 4.19. The zero-order chi connectivity index (χ0) is 13.5. The van der Waals surface area contributed by atoms with Crippen molar-refractivity contribution in [3.8, 4) is 0 Å². The Kier molecular flexibility index (Phi) is 5.69. The van der Waals surface area contributed by atoms with E-state index in [1.54, 1.807) is 7.05 Å². The van der Waals surface area contributed by atoms with Crippen LogP contribution in [0.4, 0.5) is 0 Å². The van der Waals surface area contributed by atoms with E-state index >= 15 is 0 Å². The lowest BCUT2D eigenvalue weighted by Crippen LogP contribution is -2.41. The molecule has 0 aliphatic rings. The Bertz CT molecular complexity index is 408. The highest BCUT2D eigenvalue weighted by atomic mass is 15.2. The first-order valence-electron chi connectivity index (χ1n) is 6.56. The van der Waals surface area contributed by atoms with Crippen LogP contribution in [0, 0.1) is 13.8 Å². The maximum Gasteiger partial charge on any atom is 0.191 e. The predicted molar refractivity (Wildman–Crippen MR) is 79.3 cm³/mol. The van der Waals surface area contributed by atoms with Crippen LogP contribution in [-0.2, 0) is 6.42 Å². The van der Waals surface area contributed by atoms with E-state index < -0.39 is 0 Å². The van der Waals surface area contributed by atoms with Crippen molar-refractivity contribution in [3.63, 3.8) is 0 Å². The monoisotopic (exact) mass is 247 g/mol. The Labute approximate surface area is 111 Å². The van der Waals surface area contributed by atoms with Crippen molar-refractivity contribution in [2.45, 2.75) is 40.2 Å². The molecule has 0 saturated carbocycles. The summed E-state index contributed by atoms with van der Waals surface area (Å²) in [6.45, 7) is 9.41. The lowest BCUT2D eigenvalue weighted by atomic mass is 10.0. The van der Waals surface area contributed by atoms with Crippen molar-refractivity contribution in [1.29, 1.82) is 0 Å². The number of nitrogens with zero attached hydrogens (tertiary/aromatic N) is 1. The smallest absolute Gasteiger partial charge is 0.191 e. The first kappa shape index (κ1) is 14.6. The Morgan fingerprint density at radius 2 is 2.00 bits per heavy atom. The van der Waals surface area contributed by atoms with E-state index in [0.29, 0.717) is 6.04 Å². The summed E-state index contributed by atoms with van der Waals surface area (Å²) in [6, 6.07) is 7.02. The highest BCUT2D eigenvalue weighted by molar-refractivity contribution is 5.79. The Balaban J connectivity index is 2.46. The SMILES string of the molecule is CN=C(NCCc1ccc(C)cc1C)NC(C)C. The summed E-state index contributed by atoms with van der Waals surface area (Å²) in [6.07, 6.45) is 1.02. The number of nitrogens with one attached hydrogen (secondary N) is 2. The zero-order valence-electron chi connectivity index (χ0n) is 12.2. The van der Waals surface area contributed by atoms with Crippen LogP contribution in [-0.4, -0.2) is 25.6 Å². The highest BCUT2D eigenvalue weighted by Crippen LogP contribution is 2.10. The van der Waals surface area contributed by atoms with Crippen LogP contribution < -0.4 is 10.6 Å². The van der Waals surface area contributed by atoms with Crippen LogP contribution in [0.3, 0.4) is 0 Å². The second kappa shape index (κ2) is 7.04. The maximum atomic E-state index is 4.19. The molecule has 0 unspecified atom stereocenters. The van der Waals surface area contributed by atoms with Gasteiger partial charge in [-0.1, -0.05) is 23.8 Å². The minimum atomic E-state index is 0.400. The van der Waals surface area contributed by atoms with E-state index in [1.807, 2.05) is 0 Å². The van der Waals surface area contributed by atoms with Crippen molar-refractivity contribution in [2.75, 3.05) is 13.6 Å². The van der Waals surface area contributed by atoms with Crippen molar-refractivity contribution >= 4 is 5.96 Å². The third-order valence-corrected chi connectivity index (χ3v) is 2.83. The van der Waals surface area contributed by atoms with Gasteiger partial charge in [-0.05, 0) is 45.2 Å². The highest BCUT2D eigenvalue weighted by Gasteiger charge is 2.01. The molecule has 18 heavy (non-hydrogen) atoms. The molecule has 1 aromatic carbocycles. The first-order chi connectivity index (χ1) is 8.52. The molecule has 0 fully saturated rings.